The molecular formula is C22H28N2O4S. The average Bonchev–Trinajstić information content (AvgIpc) is 3.18. The van der Waals surface area contributed by atoms with Crippen LogP contribution in [0.25, 0.3) is 11.1 Å². The second-order valence-corrected chi connectivity index (χ2v) is 8.69. The molecule has 2 heterocycles. The zero-order valence-corrected chi connectivity index (χ0v) is 18.0. The first-order valence-corrected chi connectivity index (χ1v) is 10.7. The third-order valence-electron chi connectivity index (χ3n) is 4.99. The van der Waals surface area contributed by atoms with E-state index in [1.54, 1.807) is 0 Å². The number of nitrogens with zero attached hydrogens (tertiary/aromatic N) is 1. The van der Waals surface area contributed by atoms with Crippen molar-refractivity contribution in [3.8, 4) is 11.1 Å². The molecule has 0 atom stereocenters. The number of ether oxygens (including phenoxy) is 2. The van der Waals surface area contributed by atoms with Gasteiger partial charge in [-0.05, 0) is 31.9 Å². The van der Waals surface area contributed by atoms with Gasteiger partial charge in [-0.2, -0.15) is 0 Å². The predicted octanol–water partition coefficient (Wildman–Crippen LogP) is 3.71. The first-order valence-electron chi connectivity index (χ1n) is 9.89. The predicted molar refractivity (Wildman–Crippen MR) is 116 cm³/mol. The quantitative estimate of drug-likeness (QED) is 0.697. The molecule has 0 bridgehead atoms. The van der Waals surface area contributed by atoms with Gasteiger partial charge in [-0.3, -0.25) is 4.79 Å². The van der Waals surface area contributed by atoms with Crippen LogP contribution in [-0.4, -0.2) is 50.3 Å². The molecule has 0 saturated carbocycles. The SMILES string of the molecule is CCC(C)(C)NC(=O)COC(=O)c1cc(-c2ccccc2)c(N2CCOCC2)s1. The third kappa shape index (κ3) is 5.58. The van der Waals surface area contributed by atoms with E-state index in [1.165, 1.54) is 11.3 Å². The molecule has 1 N–H and O–H groups in total. The van der Waals surface area contributed by atoms with Gasteiger partial charge in [-0.25, -0.2) is 4.79 Å². The molecule has 3 rings (SSSR count). The second-order valence-electron chi connectivity index (χ2n) is 7.66. The molecule has 1 aromatic heterocycles. The highest BCUT2D eigenvalue weighted by Gasteiger charge is 2.24. The van der Waals surface area contributed by atoms with Crippen LogP contribution in [0.1, 0.15) is 36.9 Å². The van der Waals surface area contributed by atoms with Crippen LogP contribution in [0.4, 0.5) is 5.00 Å². The van der Waals surface area contributed by atoms with Crippen molar-refractivity contribution in [3.05, 3.63) is 41.3 Å². The highest BCUT2D eigenvalue weighted by molar-refractivity contribution is 7.18. The van der Waals surface area contributed by atoms with Gasteiger partial charge in [0.1, 0.15) is 4.88 Å². The zero-order valence-electron chi connectivity index (χ0n) is 17.2. The maximum absolute atomic E-state index is 12.6. The number of esters is 1. The Labute approximate surface area is 175 Å². The lowest BCUT2D eigenvalue weighted by molar-refractivity contribution is -0.125. The van der Waals surface area contributed by atoms with Gasteiger partial charge in [0, 0.05) is 24.2 Å². The van der Waals surface area contributed by atoms with Gasteiger partial charge in [-0.15, -0.1) is 11.3 Å². The lowest BCUT2D eigenvalue weighted by Gasteiger charge is -2.28. The van der Waals surface area contributed by atoms with Crippen molar-refractivity contribution in [1.29, 1.82) is 0 Å². The Hall–Kier alpha value is -2.38. The number of carbonyl (C=O) groups excluding carboxylic acids is 2. The molecule has 2 aromatic rings. The molecule has 1 amide bonds. The summed E-state index contributed by atoms with van der Waals surface area (Å²) >= 11 is 1.40. The number of hydrogen-bond acceptors (Lipinski definition) is 6. The smallest absolute Gasteiger partial charge is 0.348 e. The van der Waals surface area contributed by atoms with Gasteiger partial charge in [0.25, 0.3) is 5.91 Å². The van der Waals surface area contributed by atoms with Crippen molar-refractivity contribution in [2.24, 2.45) is 0 Å². The van der Waals surface area contributed by atoms with Gasteiger partial charge in [-0.1, -0.05) is 37.3 Å². The topological polar surface area (TPSA) is 67.9 Å². The standard InChI is InChI=1S/C22H28N2O4S/c1-4-22(2,3)23-19(25)15-28-21(26)18-14-17(16-8-6-5-7-9-16)20(29-18)24-10-12-27-13-11-24/h5-9,14H,4,10-13,15H2,1-3H3,(H,23,25). The van der Waals surface area contributed by atoms with Crippen molar-refractivity contribution < 1.29 is 19.1 Å². The fourth-order valence-electron chi connectivity index (χ4n) is 3.01. The Bertz CT molecular complexity index is 842. The monoisotopic (exact) mass is 416 g/mol. The minimum absolute atomic E-state index is 0.284. The van der Waals surface area contributed by atoms with Crippen molar-refractivity contribution >= 4 is 28.2 Å². The normalized spacial score (nSPS) is 14.5. The molecule has 0 unspecified atom stereocenters. The number of amides is 1. The Morgan fingerprint density at radius 2 is 1.90 bits per heavy atom. The Morgan fingerprint density at radius 1 is 1.21 bits per heavy atom. The summed E-state index contributed by atoms with van der Waals surface area (Å²) in [6.45, 7) is 8.48. The number of rotatable bonds is 7. The molecule has 0 radical (unpaired) electrons. The molecule has 0 spiro atoms. The summed E-state index contributed by atoms with van der Waals surface area (Å²) in [7, 11) is 0. The summed E-state index contributed by atoms with van der Waals surface area (Å²) in [6.07, 6.45) is 0.793. The number of anilines is 1. The zero-order chi connectivity index (χ0) is 20.9. The molecule has 1 fully saturated rings. The van der Waals surface area contributed by atoms with Crippen LogP contribution in [0.2, 0.25) is 0 Å². The number of hydrogen-bond donors (Lipinski definition) is 1. The molecule has 1 aliphatic rings. The first-order chi connectivity index (χ1) is 13.9. The first kappa shape index (κ1) is 21.3. The lowest BCUT2D eigenvalue weighted by atomic mass is 10.0. The van der Waals surface area contributed by atoms with Crippen LogP contribution >= 0.6 is 11.3 Å². The van der Waals surface area contributed by atoms with Gasteiger partial charge in [0.2, 0.25) is 0 Å². The van der Waals surface area contributed by atoms with E-state index < -0.39 is 5.97 Å². The summed E-state index contributed by atoms with van der Waals surface area (Å²) in [5, 5.41) is 3.90. The second kappa shape index (κ2) is 9.41. The van der Waals surface area contributed by atoms with Gasteiger partial charge in [0.05, 0.1) is 18.2 Å². The van der Waals surface area contributed by atoms with Crippen molar-refractivity contribution in [3.63, 3.8) is 0 Å². The number of carbonyl (C=O) groups is 2. The summed E-state index contributed by atoms with van der Waals surface area (Å²) in [5.74, 6) is -0.769. The largest absolute Gasteiger partial charge is 0.451 e. The van der Waals surface area contributed by atoms with E-state index in [0.29, 0.717) is 18.1 Å². The Balaban J connectivity index is 1.76. The highest BCUT2D eigenvalue weighted by Crippen LogP contribution is 2.39. The van der Waals surface area contributed by atoms with Crippen molar-refractivity contribution in [2.45, 2.75) is 32.7 Å². The van der Waals surface area contributed by atoms with E-state index in [9.17, 15) is 9.59 Å². The van der Waals surface area contributed by atoms with Crippen LogP contribution < -0.4 is 10.2 Å². The molecule has 6 nitrogen and oxygen atoms in total. The van der Waals surface area contributed by atoms with E-state index in [-0.39, 0.29) is 18.1 Å². The van der Waals surface area contributed by atoms with Crippen LogP contribution in [0.5, 0.6) is 0 Å². The Morgan fingerprint density at radius 3 is 2.55 bits per heavy atom. The van der Waals surface area contributed by atoms with Gasteiger partial charge in [0.15, 0.2) is 6.61 Å². The lowest BCUT2D eigenvalue weighted by Crippen LogP contribution is -2.44. The highest BCUT2D eigenvalue weighted by atomic mass is 32.1. The summed E-state index contributed by atoms with van der Waals surface area (Å²) in [6, 6.07) is 11.8. The van der Waals surface area contributed by atoms with Crippen molar-refractivity contribution in [2.75, 3.05) is 37.8 Å². The fraction of sp³-hybridized carbons (Fsp3) is 0.455. The molecule has 1 saturated heterocycles. The van der Waals surface area contributed by atoms with Crippen LogP contribution in [0, 0.1) is 0 Å². The van der Waals surface area contributed by atoms with Gasteiger partial charge >= 0.3 is 5.97 Å². The number of nitrogens with one attached hydrogen (secondary N) is 1. The summed E-state index contributed by atoms with van der Waals surface area (Å²) in [4.78, 5) is 27.4. The molecule has 156 valence electrons. The van der Waals surface area contributed by atoms with Crippen molar-refractivity contribution in [1.82, 2.24) is 5.32 Å². The molecular weight excluding hydrogens is 388 g/mol. The van der Waals surface area contributed by atoms with E-state index in [2.05, 4.69) is 10.2 Å². The van der Waals surface area contributed by atoms with E-state index >= 15 is 0 Å². The maximum atomic E-state index is 12.6. The number of morpholine rings is 1. The van der Waals surface area contributed by atoms with Crippen LogP contribution in [-0.2, 0) is 14.3 Å². The average molecular weight is 417 g/mol. The minimum Gasteiger partial charge on any atom is -0.451 e. The third-order valence-corrected chi connectivity index (χ3v) is 6.17. The number of thiophene rings is 1. The molecule has 7 heteroatoms. The van der Waals surface area contributed by atoms with E-state index in [1.807, 2.05) is 57.2 Å². The Kier molecular flexibility index (Phi) is 6.92. The summed E-state index contributed by atoms with van der Waals surface area (Å²) < 4.78 is 10.7. The van der Waals surface area contributed by atoms with E-state index in [4.69, 9.17) is 9.47 Å². The minimum atomic E-state index is -0.476. The molecule has 0 aliphatic carbocycles. The fourth-order valence-corrected chi connectivity index (χ4v) is 4.14. The van der Waals surface area contributed by atoms with E-state index in [0.717, 1.165) is 35.6 Å². The number of benzene rings is 1. The molecule has 1 aromatic carbocycles. The molecule has 29 heavy (non-hydrogen) atoms. The van der Waals surface area contributed by atoms with Crippen LogP contribution in [0.15, 0.2) is 36.4 Å². The van der Waals surface area contributed by atoms with Crippen LogP contribution in [0.3, 0.4) is 0 Å². The van der Waals surface area contributed by atoms with Gasteiger partial charge < -0.3 is 19.7 Å². The maximum Gasteiger partial charge on any atom is 0.348 e. The molecule has 1 aliphatic heterocycles. The summed E-state index contributed by atoms with van der Waals surface area (Å²) in [5.41, 5.74) is 1.73.